The first kappa shape index (κ1) is 19.8. The van der Waals surface area contributed by atoms with Crippen LogP contribution in [0.4, 0.5) is 14.5 Å². The van der Waals surface area contributed by atoms with E-state index in [0.717, 1.165) is 16.6 Å². The molecule has 2 rings (SSSR count). The molecular weight excluding hydrogens is 362 g/mol. The van der Waals surface area contributed by atoms with Crippen molar-refractivity contribution in [1.29, 1.82) is 0 Å². The number of nitrogens with zero attached hydrogens (tertiary/aromatic N) is 1. The fourth-order valence-electron chi connectivity index (χ4n) is 2.45. The molecule has 0 spiro atoms. The number of carbonyl (C=O) groups is 1. The number of benzene rings is 2. The molecule has 0 saturated heterocycles. The molecule has 0 saturated carbocycles. The maximum absolute atomic E-state index is 13.5. The van der Waals surface area contributed by atoms with Gasteiger partial charge in [0.15, 0.2) is 0 Å². The van der Waals surface area contributed by atoms with Crippen molar-refractivity contribution in [3.63, 3.8) is 0 Å². The van der Waals surface area contributed by atoms with Crippen LogP contribution in [0, 0.1) is 11.6 Å². The lowest BCUT2D eigenvalue weighted by atomic mass is 10.1. The van der Waals surface area contributed by atoms with Gasteiger partial charge in [0.05, 0.1) is 11.9 Å². The number of nitrogens with one attached hydrogen (secondary N) is 1. The van der Waals surface area contributed by atoms with Crippen LogP contribution in [0.5, 0.6) is 0 Å². The van der Waals surface area contributed by atoms with Gasteiger partial charge in [0, 0.05) is 19.5 Å². The number of sulfonamides is 1. The van der Waals surface area contributed by atoms with E-state index < -0.39 is 15.8 Å². The molecule has 1 amide bonds. The predicted molar refractivity (Wildman–Crippen MR) is 96.3 cm³/mol. The van der Waals surface area contributed by atoms with Crippen LogP contribution in [-0.2, 0) is 21.2 Å². The highest BCUT2D eigenvalue weighted by Gasteiger charge is 2.19. The molecular formula is C18H20F2N2O3S. The molecule has 0 bridgehead atoms. The molecule has 0 aliphatic heterocycles. The average Bonchev–Trinajstić information content (AvgIpc) is 2.55. The van der Waals surface area contributed by atoms with Crippen molar-refractivity contribution in [1.82, 2.24) is 5.32 Å². The minimum absolute atomic E-state index is 0.0964. The molecule has 8 heteroatoms. The zero-order chi connectivity index (χ0) is 19.2. The van der Waals surface area contributed by atoms with Gasteiger partial charge in [-0.2, -0.15) is 0 Å². The Bertz CT molecular complexity index is 872. The Morgan fingerprint density at radius 1 is 1.12 bits per heavy atom. The van der Waals surface area contributed by atoms with Crippen LogP contribution < -0.4 is 9.62 Å². The van der Waals surface area contributed by atoms with E-state index in [4.69, 9.17) is 0 Å². The highest BCUT2D eigenvalue weighted by atomic mass is 32.2. The summed E-state index contributed by atoms with van der Waals surface area (Å²) in [4.78, 5) is 11.9. The van der Waals surface area contributed by atoms with Crippen molar-refractivity contribution in [2.75, 3.05) is 23.7 Å². The summed E-state index contributed by atoms with van der Waals surface area (Å²) in [5.41, 5.74) is 0.650. The number of amides is 1. The number of rotatable bonds is 8. The monoisotopic (exact) mass is 382 g/mol. The maximum atomic E-state index is 13.5. The van der Waals surface area contributed by atoms with Gasteiger partial charge < -0.3 is 5.32 Å². The number of carbonyl (C=O) groups excluding carboxylic acids is 1. The van der Waals surface area contributed by atoms with Gasteiger partial charge in [0.2, 0.25) is 15.9 Å². The van der Waals surface area contributed by atoms with E-state index in [1.54, 1.807) is 18.2 Å². The van der Waals surface area contributed by atoms with Crippen LogP contribution in [0.3, 0.4) is 0 Å². The van der Waals surface area contributed by atoms with Crippen molar-refractivity contribution >= 4 is 21.6 Å². The first-order valence-corrected chi connectivity index (χ1v) is 9.85. The molecule has 1 N–H and O–H groups in total. The molecule has 5 nitrogen and oxygen atoms in total. The second kappa shape index (κ2) is 8.75. The standard InChI is InChI=1S/C18H20F2N2O3S/c1-26(24,25)22(16-7-4-6-15(19)13-16)12-10-18(23)21-11-9-14-5-2-3-8-17(14)20/h2-8,13H,9-12H2,1H3,(H,21,23). The number of halogens is 2. The first-order valence-electron chi connectivity index (χ1n) is 8.01. The summed E-state index contributed by atoms with van der Waals surface area (Å²) in [6.45, 7) is 0.117. The number of hydrogen-bond donors (Lipinski definition) is 1. The summed E-state index contributed by atoms with van der Waals surface area (Å²) in [6, 6.07) is 11.4. The van der Waals surface area contributed by atoms with Gasteiger partial charge in [-0.15, -0.1) is 0 Å². The Kier molecular flexibility index (Phi) is 6.68. The van der Waals surface area contributed by atoms with Crippen molar-refractivity contribution in [3.8, 4) is 0 Å². The number of anilines is 1. The molecule has 0 aliphatic carbocycles. The first-order chi connectivity index (χ1) is 12.3. The molecule has 140 valence electrons. The maximum Gasteiger partial charge on any atom is 0.232 e. The molecule has 0 fully saturated rings. The molecule has 0 radical (unpaired) electrons. The van der Waals surface area contributed by atoms with Crippen LogP contribution in [0.1, 0.15) is 12.0 Å². The Balaban J connectivity index is 1.90. The van der Waals surface area contributed by atoms with E-state index in [1.165, 1.54) is 24.3 Å². The van der Waals surface area contributed by atoms with Crippen LogP contribution in [-0.4, -0.2) is 33.7 Å². The molecule has 0 heterocycles. The Morgan fingerprint density at radius 2 is 1.85 bits per heavy atom. The summed E-state index contributed by atoms with van der Waals surface area (Å²) in [5.74, 6) is -1.27. The van der Waals surface area contributed by atoms with E-state index >= 15 is 0 Å². The van der Waals surface area contributed by atoms with Gasteiger partial charge in [-0.25, -0.2) is 17.2 Å². The summed E-state index contributed by atoms with van der Waals surface area (Å²) in [7, 11) is -3.66. The minimum atomic E-state index is -3.66. The summed E-state index contributed by atoms with van der Waals surface area (Å²) in [5, 5.41) is 2.63. The summed E-state index contributed by atoms with van der Waals surface area (Å²) < 4.78 is 51.7. The van der Waals surface area contributed by atoms with E-state index in [-0.39, 0.29) is 36.9 Å². The van der Waals surface area contributed by atoms with Gasteiger partial charge in [-0.3, -0.25) is 9.10 Å². The van der Waals surface area contributed by atoms with Gasteiger partial charge in [0.1, 0.15) is 11.6 Å². The fourth-order valence-corrected chi connectivity index (χ4v) is 3.37. The van der Waals surface area contributed by atoms with Crippen LogP contribution in [0.25, 0.3) is 0 Å². The highest BCUT2D eigenvalue weighted by Crippen LogP contribution is 2.18. The molecule has 0 unspecified atom stereocenters. The molecule has 26 heavy (non-hydrogen) atoms. The van der Waals surface area contributed by atoms with Gasteiger partial charge in [0.25, 0.3) is 0 Å². The SMILES string of the molecule is CS(=O)(=O)N(CCC(=O)NCCc1ccccc1F)c1cccc(F)c1. The zero-order valence-electron chi connectivity index (χ0n) is 14.3. The molecule has 2 aromatic carbocycles. The van der Waals surface area contributed by atoms with Crippen molar-refractivity contribution in [2.24, 2.45) is 0 Å². The van der Waals surface area contributed by atoms with Crippen LogP contribution in [0.15, 0.2) is 48.5 Å². The zero-order valence-corrected chi connectivity index (χ0v) is 15.1. The number of hydrogen-bond acceptors (Lipinski definition) is 3. The highest BCUT2D eigenvalue weighted by molar-refractivity contribution is 7.92. The fraction of sp³-hybridized carbons (Fsp3) is 0.278. The normalized spacial score (nSPS) is 11.2. The largest absolute Gasteiger partial charge is 0.356 e. The summed E-state index contributed by atoms with van der Waals surface area (Å²) in [6.07, 6.45) is 1.23. The topological polar surface area (TPSA) is 66.5 Å². The molecule has 0 aliphatic rings. The molecule has 0 aromatic heterocycles. The van der Waals surface area contributed by atoms with E-state index in [0.29, 0.717) is 12.0 Å². The lowest BCUT2D eigenvalue weighted by molar-refractivity contribution is -0.120. The van der Waals surface area contributed by atoms with Crippen molar-refractivity contribution < 1.29 is 22.0 Å². The average molecular weight is 382 g/mol. The Labute approximate surface area is 151 Å². The van der Waals surface area contributed by atoms with Gasteiger partial charge in [-0.05, 0) is 36.2 Å². The van der Waals surface area contributed by atoms with E-state index in [1.807, 2.05) is 0 Å². The summed E-state index contributed by atoms with van der Waals surface area (Å²) >= 11 is 0. The van der Waals surface area contributed by atoms with Gasteiger partial charge >= 0.3 is 0 Å². The third-order valence-electron chi connectivity index (χ3n) is 3.71. The quantitative estimate of drug-likeness (QED) is 0.763. The minimum Gasteiger partial charge on any atom is -0.356 e. The van der Waals surface area contributed by atoms with Crippen LogP contribution in [0.2, 0.25) is 0 Å². The van der Waals surface area contributed by atoms with Crippen molar-refractivity contribution in [2.45, 2.75) is 12.8 Å². The molecule has 0 atom stereocenters. The lowest BCUT2D eigenvalue weighted by Crippen LogP contribution is -2.35. The third kappa shape index (κ3) is 5.80. The van der Waals surface area contributed by atoms with E-state index in [9.17, 15) is 22.0 Å². The van der Waals surface area contributed by atoms with E-state index in [2.05, 4.69) is 5.32 Å². The van der Waals surface area contributed by atoms with Gasteiger partial charge in [-0.1, -0.05) is 24.3 Å². The van der Waals surface area contributed by atoms with Crippen LogP contribution >= 0.6 is 0 Å². The lowest BCUT2D eigenvalue weighted by Gasteiger charge is -2.22. The molecule has 2 aromatic rings. The smallest absolute Gasteiger partial charge is 0.232 e. The third-order valence-corrected chi connectivity index (χ3v) is 4.91. The Hall–Kier alpha value is -2.48. The predicted octanol–water partition coefficient (Wildman–Crippen LogP) is 2.48. The van der Waals surface area contributed by atoms with Crippen molar-refractivity contribution in [3.05, 3.63) is 65.7 Å². The second-order valence-corrected chi connectivity index (χ2v) is 7.66. The Morgan fingerprint density at radius 3 is 2.50 bits per heavy atom. The second-order valence-electron chi connectivity index (χ2n) is 5.76.